The van der Waals surface area contributed by atoms with Gasteiger partial charge in [-0.2, -0.15) is 0 Å². The highest BCUT2D eigenvalue weighted by Crippen LogP contribution is 2.20. The van der Waals surface area contributed by atoms with Gasteiger partial charge < -0.3 is 10.6 Å². The van der Waals surface area contributed by atoms with E-state index < -0.39 is 38.4 Å². The molecule has 0 bridgehead atoms. The van der Waals surface area contributed by atoms with Crippen LogP contribution in [0.15, 0.2) is 83.8 Å². The monoisotopic (exact) mass is 471 g/mol. The minimum Gasteiger partial charge on any atom is -0.343 e. The molecule has 0 saturated heterocycles. The van der Waals surface area contributed by atoms with Gasteiger partial charge >= 0.3 is 0 Å². The Kier molecular flexibility index (Phi) is 7.52. The Balaban J connectivity index is 1.51. The maximum absolute atomic E-state index is 13.3. The average Bonchev–Trinajstić information content (AvgIpc) is 2.80. The Hall–Kier alpha value is -4.05. The molecule has 0 saturated carbocycles. The van der Waals surface area contributed by atoms with E-state index in [0.29, 0.717) is 11.8 Å². The van der Waals surface area contributed by atoms with Crippen LogP contribution < -0.4 is 15.4 Å². The van der Waals surface area contributed by atoms with E-state index in [4.69, 9.17) is 0 Å². The molecule has 170 valence electrons. The number of hydrogen-bond acceptors (Lipinski definition) is 4. The van der Waals surface area contributed by atoms with Crippen molar-refractivity contribution in [2.45, 2.75) is 4.90 Å². The number of amides is 2. The van der Waals surface area contributed by atoms with E-state index >= 15 is 0 Å². The SMILES string of the molecule is O=C(/C=C/c1ccccc1)NCC(=O)Nc1ccc(NS(=O)(=O)c2ccc(F)c(F)c2)cc1. The van der Waals surface area contributed by atoms with Crippen molar-refractivity contribution in [2.75, 3.05) is 16.6 Å². The molecular weight excluding hydrogens is 452 g/mol. The van der Waals surface area contributed by atoms with Gasteiger partial charge in [-0.05, 0) is 54.1 Å². The van der Waals surface area contributed by atoms with Crippen molar-refractivity contribution in [2.24, 2.45) is 0 Å². The molecule has 0 atom stereocenters. The van der Waals surface area contributed by atoms with Crippen LogP contribution in [0.3, 0.4) is 0 Å². The molecule has 3 N–H and O–H groups in total. The molecular formula is C23H19F2N3O4S. The van der Waals surface area contributed by atoms with Gasteiger partial charge in [0.25, 0.3) is 10.0 Å². The third kappa shape index (κ3) is 6.97. The number of hydrogen-bond donors (Lipinski definition) is 3. The van der Waals surface area contributed by atoms with Gasteiger partial charge in [-0.3, -0.25) is 14.3 Å². The fourth-order valence-corrected chi connectivity index (χ4v) is 3.72. The average molecular weight is 471 g/mol. The first kappa shape index (κ1) is 23.6. The number of rotatable bonds is 8. The number of carbonyl (C=O) groups is 2. The molecule has 0 aromatic heterocycles. The van der Waals surface area contributed by atoms with Crippen molar-refractivity contribution in [3.8, 4) is 0 Å². The molecule has 10 heteroatoms. The zero-order chi connectivity index (χ0) is 23.8. The predicted octanol–water partition coefficient (Wildman–Crippen LogP) is 3.53. The van der Waals surface area contributed by atoms with Gasteiger partial charge in [-0.25, -0.2) is 17.2 Å². The van der Waals surface area contributed by atoms with Gasteiger partial charge in [0.1, 0.15) is 0 Å². The first-order valence-electron chi connectivity index (χ1n) is 9.62. The van der Waals surface area contributed by atoms with Crippen LogP contribution in [0.1, 0.15) is 5.56 Å². The second-order valence-electron chi connectivity index (χ2n) is 6.77. The summed E-state index contributed by atoms with van der Waals surface area (Å²) in [6.07, 6.45) is 2.93. The normalized spacial score (nSPS) is 11.2. The van der Waals surface area contributed by atoms with Gasteiger partial charge in [0, 0.05) is 17.5 Å². The molecule has 33 heavy (non-hydrogen) atoms. The number of halogens is 2. The lowest BCUT2D eigenvalue weighted by atomic mass is 10.2. The Morgan fingerprint density at radius 2 is 1.52 bits per heavy atom. The highest BCUT2D eigenvalue weighted by atomic mass is 32.2. The minimum atomic E-state index is -4.13. The highest BCUT2D eigenvalue weighted by Gasteiger charge is 2.16. The molecule has 0 fully saturated rings. The minimum absolute atomic E-state index is 0.150. The zero-order valence-electron chi connectivity index (χ0n) is 17.1. The summed E-state index contributed by atoms with van der Waals surface area (Å²) in [5, 5.41) is 5.02. The first-order chi connectivity index (χ1) is 15.7. The molecule has 0 aliphatic rings. The van der Waals surface area contributed by atoms with Crippen LogP contribution in [0, 0.1) is 11.6 Å². The molecule has 0 aliphatic carbocycles. The van der Waals surface area contributed by atoms with E-state index in [2.05, 4.69) is 15.4 Å². The van der Waals surface area contributed by atoms with Gasteiger partial charge in [0.15, 0.2) is 11.6 Å². The number of anilines is 2. The molecule has 2 amide bonds. The van der Waals surface area contributed by atoms with Crippen molar-refractivity contribution in [1.29, 1.82) is 0 Å². The lowest BCUT2D eigenvalue weighted by Gasteiger charge is -2.10. The van der Waals surface area contributed by atoms with Crippen LogP contribution in [0.4, 0.5) is 20.2 Å². The Morgan fingerprint density at radius 3 is 2.18 bits per heavy atom. The van der Waals surface area contributed by atoms with Crippen molar-refractivity contribution >= 4 is 39.3 Å². The van der Waals surface area contributed by atoms with Crippen LogP contribution in [0.5, 0.6) is 0 Å². The summed E-state index contributed by atoms with van der Waals surface area (Å²) in [6.45, 7) is -0.261. The Morgan fingerprint density at radius 1 is 0.848 bits per heavy atom. The lowest BCUT2D eigenvalue weighted by molar-refractivity contribution is -0.121. The summed E-state index contributed by atoms with van der Waals surface area (Å²) < 4.78 is 53.2. The van der Waals surface area contributed by atoms with Crippen molar-refractivity contribution in [3.05, 3.63) is 96.1 Å². The van der Waals surface area contributed by atoms with Crippen LogP contribution in [-0.2, 0) is 19.6 Å². The van der Waals surface area contributed by atoms with Crippen LogP contribution >= 0.6 is 0 Å². The predicted molar refractivity (Wildman–Crippen MR) is 121 cm³/mol. The molecule has 3 aromatic carbocycles. The van der Waals surface area contributed by atoms with E-state index in [9.17, 15) is 26.8 Å². The fraction of sp³-hybridized carbons (Fsp3) is 0.0435. The Bertz CT molecular complexity index is 1280. The highest BCUT2D eigenvalue weighted by molar-refractivity contribution is 7.92. The maximum Gasteiger partial charge on any atom is 0.261 e. The van der Waals surface area contributed by atoms with E-state index in [1.807, 2.05) is 30.3 Å². The molecule has 0 heterocycles. The van der Waals surface area contributed by atoms with Gasteiger partial charge in [-0.15, -0.1) is 0 Å². The molecule has 3 rings (SSSR count). The molecule has 0 unspecified atom stereocenters. The molecule has 0 aliphatic heterocycles. The molecule has 0 spiro atoms. The maximum atomic E-state index is 13.3. The van der Waals surface area contributed by atoms with Crippen LogP contribution in [0.25, 0.3) is 6.08 Å². The van der Waals surface area contributed by atoms with Gasteiger partial charge in [0.05, 0.1) is 11.4 Å². The summed E-state index contributed by atoms with van der Waals surface area (Å²) in [7, 11) is -4.13. The number of sulfonamides is 1. The van der Waals surface area contributed by atoms with Crippen molar-refractivity contribution in [1.82, 2.24) is 5.32 Å². The topological polar surface area (TPSA) is 104 Å². The largest absolute Gasteiger partial charge is 0.343 e. The second kappa shape index (κ2) is 10.5. The van der Waals surface area contributed by atoms with Crippen LogP contribution in [0.2, 0.25) is 0 Å². The first-order valence-corrected chi connectivity index (χ1v) is 11.1. The summed E-state index contributed by atoms with van der Waals surface area (Å²) in [5.41, 5.74) is 1.36. The standard InChI is InChI=1S/C23H19F2N3O4S/c24-20-12-11-19(14-21(20)25)33(31,32)28-18-9-7-17(8-10-18)27-23(30)15-26-22(29)13-6-16-4-2-1-3-5-16/h1-14,28H,15H2,(H,26,29)(H,27,30)/b13-6+. The van der Waals surface area contributed by atoms with E-state index in [1.165, 1.54) is 30.3 Å². The van der Waals surface area contributed by atoms with Crippen LogP contribution in [-0.4, -0.2) is 26.8 Å². The van der Waals surface area contributed by atoms with Crippen molar-refractivity contribution < 1.29 is 26.8 Å². The van der Waals surface area contributed by atoms with Crippen molar-refractivity contribution in [3.63, 3.8) is 0 Å². The van der Waals surface area contributed by atoms with E-state index in [-0.39, 0.29) is 12.2 Å². The summed E-state index contributed by atoms with van der Waals surface area (Å²) in [5.74, 6) is -3.35. The smallest absolute Gasteiger partial charge is 0.261 e. The van der Waals surface area contributed by atoms with E-state index in [1.54, 1.807) is 6.08 Å². The fourth-order valence-electron chi connectivity index (χ4n) is 2.65. The van der Waals surface area contributed by atoms with Gasteiger partial charge in [0.2, 0.25) is 11.8 Å². The summed E-state index contributed by atoms with van der Waals surface area (Å²) in [4.78, 5) is 23.4. The van der Waals surface area contributed by atoms with Gasteiger partial charge in [-0.1, -0.05) is 30.3 Å². The second-order valence-corrected chi connectivity index (χ2v) is 8.45. The Labute approximate surface area is 189 Å². The number of benzene rings is 3. The van der Waals surface area contributed by atoms with E-state index in [0.717, 1.165) is 17.7 Å². The number of nitrogens with one attached hydrogen (secondary N) is 3. The molecule has 3 aromatic rings. The lowest BCUT2D eigenvalue weighted by Crippen LogP contribution is -2.31. The quantitative estimate of drug-likeness (QED) is 0.437. The third-order valence-corrected chi connectivity index (χ3v) is 5.65. The zero-order valence-corrected chi connectivity index (χ0v) is 17.9. The third-order valence-electron chi connectivity index (χ3n) is 4.27. The molecule has 0 radical (unpaired) electrons. The summed E-state index contributed by atoms with van der Waals surface area (Å²) >= 11 is 0. The number of carbonyl (C=O) groups excluding carboxylic acids is 2. The summed E-state index contributed by atoms with van der Waals surface area (Å²) in [6, 6.07) is 17.1. The molecule has 7 nitrogen and oxygen atoms in total.